The van der Waals surface area contributed by atoms with Gasteiger partial charge in [0.2, 0.25) is 11.8 Å². The van der Waals surface area contributed by atoms with Crippen molar-refractivity contribution >= 4 is 47.0 Å². The molecule has 2 fully saturated rings. The van der Waals surface area contributed by atoms with Crippen LogP contribution >= 0.6 is 0 Å². The van der Waals surface area contributed by atoms with E-state index in [4.69, 9.17) is 33.4 Å². The molecule has 73 heavy (non-hydrogen) atoms. The van der Waals surface area contributed by atoms with Crippen LogP contribution in [-0.4, -0.2) is 129 Å². The Hall–Kier alpha value is -5.86. The van der Waals surface area contributed by atoms with Crippen LogP contribution in [0.1, 0.15) is 127 Å². The molecule has 3 aliphatic heterocycles. The number of likely N-dealkylation sites (N-methyl/N-ethyl adjacent to an activating group) is 1. The SMILES string of the molecule is CC.CC1CCCCC1.CCc1c2c(nc3ccc(OC=O)cc13)-c1cc3c(c(=O)n1C2)COC(=O)C3O.CN1C(=O)C=CC1=O.CNC(=O)CCOCCOCCOCCOCCNC(=O)C1CCCCC1. The van der Waals surface area contributed by atoms with Gasteiger partial charge in [0.25, 0.3) is 23.8 Å². The first-order valence-corrected chi connectivity index (χ1v) is 25.8. The molecule has 3 aromatic rings. The van der Waals surface area contributed by atoms with E-state index in [0.717, 1.165) is 40.2 Å². The van der Waals surface area contributed by atoms with Crippen molar-refractivity contribution in [2.75, 3.05) is 73.5 Å². The van der Waals surface area contributed by atoms with Crippen molar-refractivity contribution in [3.05, 3.63) is 69.0 Å². The lowest BCUT2D eigenvalue weighted by molar-refractivity contribution is -0.157. The first-order chi connectivity index (χ1) is 35.4. The largest absolute Gasteiger partial charge is 0.458 e. The lowest BCUT2D eigenvalue weighted by Crippen LogP contribution is -2.34. The summed E-state index contributed by atoms with van der Waals surface area (Å²) in [5.41, 5.74) is 4.13. The molecule has 5 aliphatic rings. The van der Waals surface area contributed by atoms with E-state index in [0.29, 0.717) is 108 Å². The summed E-state index contributed by atoms with van der Waals surface area (Å²) in [4.78, 5) is 84.9. The molecule has 402 valence electrons. The zero-order chi connectivity index (χ0) is 53.1. The summed E-state index contributed by atoms with van der Waals surface area (Å²) in [6, 6.07) is 6.85. The van der Waals surface area contributed by atoms with Gasteiger partial charge in [-0.15, -0.1) is 0 Å². The average Bonchev–Trinajstić information content (AvgIpc) is 3.93. The summed E-state index contributed by atoms with van der Waals surface area (Å²) < 4.78 is 32.9. The standard InChI is InChI=1S/C21H16N2O6.C19H36N2O6.C7H14.C5H5NO2.C2H6/c1-2-11-12-5-10(29-9-24)3-4-16(12)22-18-14(11)7-23-17(18)6-13-15(20(23)26)8-28-21(27)19(13)25;1-20-18(22)7-9-24-11-13-26-15-16-27-14-12-25-10-8-21-19(23)17-5-3-2-4-6-17;1-7-5-3-2-4-6-7;1-6-4(7)2-3-5(6)8;1-2/h3-6,9,19,25H,2,7-8H2,1H3;17H,2-16H2,1H3,(H,20,22)(H,21,23);7H,2-6H2,1H3;2-3H,1H3;1-2H3. The van der Waals surface area contributed by atoms with Crippen molar-refractivity contribution in [1.29, 1.82) is 0 Å². The molecule has 0 bridgehead atoms. The molecule has 0 saturated heterocycles. The predicted octanol–water partition coefficient (Wildman–Crippen LogP) is 5.65. The minimum Gasteiger partial charge on any atom is -0.458 e. The van der Waals surface area contributed by atoms with Crippen LogP contribution < -0.4 is 20.9 Å². The maximum Gasteiger partial charge on any atom is 0.340 e. The number of fused-ring (bicyclic) bond motifs is 5. The van der Waals surface area contributed by atoms with E-state index in [-0.39, 0.29) is 52.8 Å². The Balaban J connectivity index is 0.000000240. The summed E-state index contributed by atoms with van der Waals surface area (Å²) in [5.74, 6) is 0.555. The van der Waals surface area contributed by atoms with E-state index in [1.165, 1.54) is 70.6 Å². The number of imide groups is 1. The zero-order valence-electron chi connectivity index (χ0n) is 43.6. The molecule has 0 spiro atoms. The molecule has 19 heteroatoms. The fraction of sp³-hybridized carbons (Fsp3) is 0.593. The van der Waals surface area contributed by atoms with E-state index in [9.17, 15) is 38.7 Å². The van der Waals surface area contributed by atoms with Gasteiger partial charge >= 0.3 is 5.97 Å². The number of ether oxygens (including phenoxy) is 6. The van der Waals surface area contributed by atoms with Gasteiger partial charge < -0.3 is 48.7 Å². The molecule has 5 heterocycles. The quantitative estimate of drug-likeness (QED) is 0.0445. The number of esters is 1. The number of nitrogens with one attached hydrogen (secondary N) is 2. The van der Waals surface area contributed by atoms with Gasteiger partial charge in [-0.2, -0.15) is 0 Å². The highest BCUT2D eigenvalue weighted by Gasteiger charge is 2.34. The van der Waals surface area contributed by atoms with Gasteiger partial charge in [0, 0.05) is 61.6 Å². The molecule has 2 saturated carbocycles. The summed E-state index contributed by atoms with van der Waals surface area (Å²) in [7, 11) is 3.05. The van der Waals surface area contributed by atoms with Gasteiger partial charge in [0.1, 0.15) is 12.4 Å². The first-order valence-electron chi connectivity index (χ1n) is 25.8. The van der Waals surface area contributed by atoms with Crippen molar-refractivity contribution in [2.24, 2.45) is 11.8 Å². The first kappa shape index (κ1) is 59.7. The molecule has 2 aliphatic carbocycles. The van der Waals surface area contributed by atoms with Crippen molar-refractivity contribution in [3.63, 3.8) is 0 Å². The topological polar surface area (TPSA) is 240 Å². The van der Waals surface area contributed by atoms with Gasteiger partial charge in [-0.3, -0.25) is 33.7 Å². The molecule has 2 aromatic heterocycles. The Labute approximate surface area is 428 Å². The molecule has 1 atom stereocenters. The molecule has 3 N–H and O–H groups in total. The second kappa shape index (κ2) is 32.4. The van der Waals surface area contributed by atoms with Gasteiger partial charge in [-0.1, -0.05) is 79.1 Å². The second-order valence-corrected chi connectivity index (χ2v) is 17.8. The number of hydrogen-bond acceptors (Lipinski definition) is 15. The normalized spacial score (nSPS) is 16.7. The summed E-state index contributed by atoms with van der Waals surface area (Å²) >= 11 is 0. The van der Waals surface area contributed by atoms with Gasteiger partial charge in [-0.05, 0) is 55.0 Å². The fourth-order valence-electron chi connectivity index (χ4n) is 8.81. The summed E-state index contributed by atoms with van der Waals surface area (Å²) in [6.45, 7) is 13.3. The number of carbonyl (C=O) groups excluding carboxylic acids is 6. The number of nitrogens with zero attached hydrogens (tertiary/aromatic N) is 3. The third-order valence-electron chi connectivity index (χ3n) is 12.9. The number of aliphatic hydroxyl groups excluding tert-OH is 1. The molecule has 4 amide bonds. The molecule has 19 nitrogen and oxygen atoms in total. The highest BCUT2D eigenvalue weighted by molar-refractivity contribution is 6.12. The molecule has 1 unspecified atom stereocenters. The van der Waals surface area contributed by atoms with E-state index in [2.05, 4.69) is 17.6 Å². The maximum absolute atomic E-state index is 13.0. The lowest BCUT2D eigenvalue weighted by Gasteiger charge is -2.21. The molecular formula is C54H77N5O14. The number of aryl methyl sites for hydroxylation is 1. The number of aliphatic hydroxyl groups is 1. The van der Waals surface area contributed by atoms with Crippen molar-refractivity contribution in [3.8, 4) is 17.1 Å². The predicted molar refractivity (Wildman–Crippen MR) is 273 cm³/mol. The highest BCUT2D eigenvalue weighted by atomic mass is 16.6. The van der Waals surface area contributed by atoms with E-state index >= 15 is 0 Å². The second-order valence-electron chi connectivity index (χ2n) is 17.8. The van der Waals surface area contributed by atoms with Crippen LogP contribution in [0.5, 0.6) is 5.75 Å². The minimum absolute atomic E-state index is 0.0295. The molecule has 0 radical (unpaired) electrons. The number of aromatic nitrogens is 2. The van der Waals surface area contributed by atoms with Gasteiger partial charge in [-0.25, -0.2) is 9.78 Å². The number of amides is 4. The van der Waals surface area contributed by atoms with Gasteiger partial charge in [0.15, 0.2) is 6.10 Å². The number of cyclic esters (lactones) is 1. The van der Waals surface area contributed by atoms with Crippen molar-refractivity contribution in [2.45, 2.75) is 124 Å². The van der Waals surface area contributed by atoms with Crippen LogP contribution in [0.15, 0.2) is 41.2 Å². The number of benzene rings is 1. The Bertz CT molecular complexity index is 2360. The van der Waals surface area contributed by atoms with Crippen LogP contribution in [0.4, 0.5) is 0 Å². The van der Waals surface area contributed by atoms with Crippen LogP contribution in [0.2, 0.25) is 0 Å². The maximum atomic E-state index is 13.0. The third kappa shape index (κ3) is 18.2. The zero-order valence-corrected chi connectivity index (χ0v) is 43.6. The average molecular weight is 1020 g/mol. The van der Waals surface area contributed by atoms with E-state index < -0.39 is 12.1 Å². The van der Waals surface area contributed by atoms with Crippen LogP contribution in [0, 0.1) is 11.8 Å². The summed E-state index contributed by atoms with van der Waals surface area (Å²) in [5, 5.41) is 16.5. The fourth-order valence-corrected chi connectivity index (χ4v) is 8.81. The summed E-state index contributed by atoms with van der Waals surface area (Å²) in [6.07, 6.45) is 15.1. The van der Waals surface area contributed by atoms with Crippen molar-refractivity contribution in [1.82, 2.24) is 25.1 Å². The van der Waals surface area contributed by atoms with Crippen LogP contribution in [0.3, 0.4) is 0 Å². The Morgan fingerprint density at radius 2 is 1.41 bits per heavy atom. The Kier molecular flexibility index (Phi) is 26.5. The number of pyridine rings is 2. The third-order valence-corrected chi connectivity index (χ3v) is 12.9. The van der Waals surface area contributed by atoms with Crippen molar-refractivity contribution < 1.29 is 62.3 Å². The highest BCUT2D eigenvalue weighted by Crippen LogP contribution is 2.38. The van der Waals surface area contributed by atoms with E-state index in [1.54, 1.807) is 35.9 Å². The monoisotopic (exact) mass is 1020 g/mol. The Morgan fingerprint density at radius 3 is 1.95 bits per heavy atom. The number of carbonyl (C=O) groups is 6. The van der Waals surface area contributed by atoms with E-state index in [1.807, 2.05) is 20.8 Å². The van der Waals surface area contributed by atoms with Gasteiger partial charge in [0.05, 0.1) is 81.9 Å². The molecular weight excluding hydrogens is 943 g/mol. The van der Waals surface area contributed by atoms with Crippen LogP contribution in [-0.2, 0) is 72.0 Å². The Morgan fingerprint density at radius 1 is 0.822 bits per heavy atom. The van der Waals surface area contributed by atoms with Crippen LogP contribution in [0.25, 0.3) is 22.3 Å². The minimum atomic E-state index is -1.48. The molecule has 1 aromatic carbocycles. The lowest BCUT2D eigenvalue weighted by atomic mass is 9.89. The molecule has 8 rings (SSSR count). The number of hydrogen-bond donors (Lipinski definition) is 3. The smallest absolute Gasteiger partial charge is 0.340 e. The number of rotatable bonds is 19.